The van der Waals surface area contributed by atoms with Gasteiger partial charge in [0.25, 0.3) is 0 Å². The van der Waals surface area contributed by atoms with Gasteiger partial charge in [0.05, 0.1) is 18.4 Å². The molecular formula is C10H11N5O2S. The number of hydrogen-bond donors (Lipinski definition) is 2. The molecule has 18 heavy (non-hydrogen) atoms. The Balaban J connectivity index is 2.31. The van der Waals surface area contributed by atoms with Crippen LogP contribution in [0.25, 0.3) is 0 Å². The maximum absolute atomic E-state index is 11.5. The molecule has 2 heterocycles. The van der Waals surface area contributed by atoms with Crippen molar-refractivity contribution in [3.8, 4) is 0 Å². The van der Waals surface area contributed by atoms with Crippen molar-refractivity contribution in [3.63, 3.8) is 0 Å². The van der Waals surface area contributed by atoms with Crippen LogP contribution in [0.3, 0.4) is 0 Å². The molecule has 0 radical (unpaired) electrons. The molecule has 7 nitrogen and oxygen atoms in total. The minimum Gasteiger partial charge on any atom is -0.465 e. The molecule has 94 valence electrons. The summed E-state index contributed by atoms with van der Waals surface area (Å²) in [6.45, 7) is 1.79. The smallest absolute Gasteiger partial charge is 0.340 e. The number of rotatable bonds is 3. The van der Waals surface area contributed by atoms with Crippen LogP contribution < -0.4 is 5.73 Å². The molecule has 0 amide bonds. The van der Waals surface area contributed by atoms with Gasteiger partial charge in [0.2, 0.25) is 5.16 Å². The van der Waals surface area contributed by atoms with E-state index in [1.54, 1.807) is 6.92 Å². The number of carbonyl (C=O) groups is 1. The Hall–Kier alpha value is -2.09. The van der Waals surface area contributed by atoms with Gasteiger partial charge >= 0.3 is 5.97 Å². The van der Waals surface area contributed by atoms with Crippen LogP contribution in [0.15, 0.2) is 22.4 Å². The molecule has 0 fully saturated rings. The molecule has 0 atom stereocenters. The number of H-pyrrole nitrogens is 1. The Morgan fingerprint density at radius 3 is 2.94 bits per heavy atom. The van der Waals surface area contributed by atoms with Crippen LogP contribution >= 0.6 is 11.8 Å². The lowest BCUT2D eigenvalue weighted by Gasteiger charge is -2.06. The summed E-state index contributed by atoms with van der Waals surface area (Å²) in [5, 5.41) is 7.64. The molecule has 0 saturated carbocycles. The van der Waals surface area contributed by atoms with Crippen LogP contribution in [-0.4, -0.2) is 33.2 Å². The zero-order valence-electron chi connectivity index (χ0n) is 9.80. The van der Waals surface area contributed by atoms with Gasteiger partial charge in [0, 0.05) is 6.20 Å². The summed E-state index contributed by atoms with van der Waals surface area (Å²) >= 11 is 1.18. The number of nitrogen functional groups attached to an aromatic ring is 1. The summed E-state index contributed by atoms with van der Waals surface area (Å²) in [4.78, 5) is 19.7. The second kappa shape index (κ2) is 5.05. The number of aromatic amines is 1. The number of nitrogens with zero attached hydrogens (tertiary/aromatic N) is 3. The number of hydrogen-bond acceptors (Lipinski definition) is 7. The van der Waals surface area contributed by atoms with Crippen molar-refractivity contribution >= 4 is 23.4 Å². The highest BCUT2D eigenvalue weighted by Gasteiger charge is 2.15. The van der Waals surface area contributed by atoms with Gasteiger partial charge in [0.1, 0.15) is 10.9 Å². The molecule has 0 spiro atoms. The predicted molar refractivity (Wildman–Crippen MR) is 65.2 cm³/mol. The van der Waals surface area contributed by atoms with Crippen LogP contribution in [0.1, 0.15) is 16.2 Å². The highest BCUT2D eigenvalue weighted by molar-refractivity contribution is 7.99. The lowest BCUT2D eigenvalue weighted by Crippen LogP contribution is -2.07. The van der Waals surface area contributed by atoms with Gasteiger partial charge in [-0.2, -0.15) is 0 Å². The zero-order valence-corrected chi connectivity index (χ0v) is 10.6. The monoisotopic (exact) mass is 265 g/mol. The number of esters is 1. The van der Waals surface area contributed by atoms with Crippen LogP contribution in [0, 0.1) is 6.92 Å². The van der Waals surface area contributed by atoms with Gasteiger partial charge in [-0.1, -0.05) is 0 Å². The van der Waals surface area contributed by atoms with E-state index >= 15 is 0 Å². The maximum Gasteiger partial charge on any atom is 0.340 e. The van der Waals surface area contributed by atoms with Crippen LogP contribution in [-0.2, 0) is 4.74 Å². The van der Waals surface area contributed by atoms with E-state index in [0.29, 0.717) is 16.0 Å². The van der Waals surface area contributed by atoms with E-state index in [0.717, 1.165) is 0 Å². The number of aryl methyl sites for hydroxylation is 1. The summed E-state index contributed by atoms with van der Waals surface area (Å²) in [5.74, 6) is 0.197. The lowest BCUT2D eigenvalue weighted by molar-refractivity contribution is 0.0601. The molecule has 0 aromatic carbocycles. The predicted octanol–water partition coefficient (Wildman–Crippen LogP) is 1.03. The van der Waals surface area contributed by atoms with Crippen molar-refractivity contribution in [1.82, 2.24) is 20.2 Å². The fraction of sp³-hybridized carbons (Fsp3) is 0.200. The highest BCUT2D eigenvalue weighted by atomic mass is 32.2. The fourth-order valence-electron chi connectivity index (χ4n) is 1.28. The number of carbonyl (C=O) groups excluding carboxylic acids is 1. The van der Waals surface area contributed by atoms with E-state index in [4.69, 9.17) is 5.73 Å². The molecule has 3 N–H and O–H groups in total. The van der Waals surface area contributed by atoms with Gasteiger partial charge in [0.15, 0.2) is 0 Å². The molecule has 2 rings (SSSR count). The molecule has 0 aliphatic carbocycles. The number of aromatic nitrogens is 4. The first-order valence-corrected chi connectivity index (χ1v) is 5.83. The van der Waals surface area contributed by atoms with Gasteiger partial charge < -0.3 is 10.5 Å². The first kappa shape index (κ1) is 12.4. The second-order valence-corrected chi connectivity index (χ2v) is 4.33. The van der Waals surface area contributed by atoms with Gasteiger partial charge in [-0.05, 0) is 24.8 Å². The number of nitrogens with two attached hydrogens (primary N) is 1. The molecule has 2 aromatic heterocycles. The fourth-order valence-corrected chi connectivity index (χ4v) is 2.06. The van der Waals surface area contributed by atoms with Gasteiger partial charge in [-0.25, -0.2) is 14.8 Å². The molecule has 0 bridgehead atoms. The third-order valence-electron chi connectivity index (χ3n) is 2.12. The average Bonchev–Trinajstić information content (AvgIpc) is 2.76. The van der Waals surface area contributed by atoms with Gasteiger partial charge in [-0.3, -0.25) is 5.10 Å². The van der Waals surface area contributed by atoms with Crippen molar-refractivity contribution in [3.05, 3.63) is 23.7 Å². The number of pyridine rings is 1. The van der Waals surface area contributed by atoms with E-state index < -0.39 is 5.97 Å². The number of methoxy groups -OCH3 is 1. The van der Waals surface area contributed by atoms with Crippen LogP contribution in [0.4, 0.5) is 5.69 Å². The third-order valence-corrected chi connectivity index (χ3v) is 3.01. The SMILES string of the molecule is COC(=O)c1ccnc(Sc2n[nH]c(C)n2)c1N. The van der Waals surface area contributed by atoms with Gasteiger partial charge in [-0.15, -0.1) is 5.10 Å². The quantitative estimate of drug-likeness (QED) is 0.798. The zero-order chi connectivity index (χ0) is 13.1. The van der Waals surface area contributed by atoms with E-state index in [1.165, 1.54) is 31.1 Å². The summed E-state index contributed by atoms with van der Waals surface area (Å²) in [6, 6.07) is 1.51. The molecular weight excluding hydrogens is 254 g/mol. The molecule has 0 saturated heterocycles. The van der Waals surface area contributed by atoms with Crippen molar-refractivity contribution < 1.29 is 9.53 Å². The Kier molecular flexibility index (Phi) is 3.47. The average molecular weight is 265 g/mol. The van der Waals surface area contributed by atoms with E-state index in [1.807, 2.05) is 0 Å². The number of anilines is 1. The normalized spacial score (nSPS) is 10.3. The van der Waals surface area contributed by atoms with E-state index in [9.17, 15) is 4.79 Å². The molecule has 8 heteroatoms. The van der Waals surface area contributed by atoms with Crippen molar-refractivity contribution in [2.45, 2.75) is 17.1 Å². The lowest BCUT2D eigenvalue weighted by atomic mass is 10.2. The largest absolute Gasteiger partial charge is 0.465 e. The summed E-state index contributed by atoms with van der Waals surface area (Å²) in [5.41, 5.74) is 6.41. The first-order chi connectivity index (χ1) is 8.61. The standard InChI is InChI=1S/C10H11N5O2S/c1-5-13-10(15-14-5)18-8-7(11)6(3-4-12-8)9(16)17-2/h3-4H,11H2,1-2H3,(H,13,14,15). The highest BCUT2D eigenvalue weighted by Crippen LogP contribution is 2.29. The Labute approximate surface area is 107 Å². The minimum atomic E-state index is -0.497. The summed E-state index contributed by atoms with van der Waals surface area (Å²) in [7, 11) is 1.30. The van der Waals surface area contributed by atoms with Crippen LogP contribution in [0.2, 0.25) is 0 Å². The Bertz CT molecular complexity index is 583. The third kappa shape index (κ3) is 2.43. The van der Waals surface area contributed by atoms with E-state index in [-0.39, 0.29) is 11.3 Å². The molecule has 0 unspecified atom stereocenters. The molecule has 0 aliphatic rings. The van der Waals surface area contributed by atoms with Crippen molar-refractivity contribution in [2.75, 3.05) is 12.8 Å². The Morgan fingerprint density at radius 2 is 2.33 bits per heavy atom. The number of ether oxygens (including phenoxy) is 1. The van der Waals surface area contributed by atoms with E-state index in [2.05, 4.69) is 24.9 Å². The molecule has 2 aromatic rings. The van der Waals surface area contributed by atoms with Crippen molar-refractivity contribution in [2.24, 2.45) is 0 Å². The van der Waals surface area contributed by atoms with Crippen LogP contribution in [0.5, 0.6) is 0 Å². The maximum atomic E-state index is 11.5. The first-order valence-electron chi connectivity index (χ1n) is 5.01. The summed E-state index contributed by atoms with van der Waals surface area (Å²) < 4.78 is 4.63. The summed E-state index contributed by atoms with van der Waals surface area (Å²) in [6.07, 6.45) is 1.49. The van der Waals surface area contributed by atoms with Crippen molar-refractivity contribution in [1.29, 1.82) is 0 Å². The second-order valence-electron chi connectivity index (χ2n) is 3.37. The molecule has 0 aliphatic heterocycles. The Morgan fingerprint density at radius 1 is 1.56 bits per heavy atom. The topological polar surface area (TPSA) is 107 Å². The number of nitrogens with one attached hydrogen (secondary N) is 1. The minimum absolute atomic E-state index is 0.261.